The Labute approximate surface area is 152 Å². The van der Waals surface area contributed by atoms with Gasteiger partial charge < -0.3 is 25.4 Å². The number of aromatic nitrogens is 2. The SMILES string of the molecule is O=C(NC[C@H]1O[C@@H](n2ccc(=O)[nH]c2=O)[C@@H](O)[C@@H]1O)C(O)c1ccccc1. The fourth-order valence-corrected chi connectivity index (χ4v) is 2.84. The molecule has 1 fully saturated rings. The van der Waals surface area contributed by atoms with Crippen LogP contribution in [0.25, 0.3) is 0 Å². The van der Waals surface area contributed by atoms with E-state index in [1.54, 1.807) is 30.3 Å². The molecule has 5 N–H and O–H groups in total. The Morgan fingerprint density at radius 2 is 1.89 bits per heavy atom. The lowest BCUT2D eigenvalue weighted by Gasteiger charge is -2.17. The molecule has 0 saturated carbocycles. The highest BCUT2D eigenvalue weighted by Crippen LogP contribution is 2.28. The van der Waals surface area contributed by atoms with Crippen LogP contribution in [-0.4, -0.2) is 55.6 Å². The van der Waals surface area contributed by atoms with Gasteiger partial charge in [-0.1, -0.05) is 30.3 Å². The Morgan fingerprint density at radius 1 is 1.19 bits per heavy atom. The molecule has 1 amide bonds. The molecular formula is C17H19N3O7. The van der Waals surface area contributed by atoms with Crippen LogP contribution in [0.4, 0.5) is 0 Å². The standard InChI is InChI=1S/C17H19N3O7/c21-11-6-7-20(17(26)19-11)16-14(24)13(23)10(27-16)8-18-15(25)12(22)9-4-2-1-3-5-9/h1-7,10,12-14,16,22-24H,8H2,(H,18,25)(H,19,21,26)/t10-,12?,13-,14+,16-/m1/s1. The van der Waals surface area contributed by atoms with Crippen molar-refractivity contribution in [2.75, 3.05) is 6.54 Å². The van der Waals surface area contributed by atoms with Crippen LogP contribution in [0.1, 0.15) is 17.9 Å². The van der Waals surface area contributed by atoms with E-state index in [4.69, 9.17) is 4.74 Å². The molecule has 3 rings (SSSR count). The number of hydrogen-bond acceptors (Lipinski definition) is 7. The summed E-state index contributed by atoms with van der Waals surface area (Å²) in [4.78, 5) is 37.1. The molecular weight excluding hydrogens is 358 g/mol. The van der Waals surface area contributed by atoms with Crippen molar-refractivity contribution in [2.24, 2.45) is 0 Å². The van der Waals surface area contributed by atoms with Crippen LogP contribution in [0.15, 0.2) is 52.2 Å². The molecule has 1 aromatic carbocycles. The van der Waals surface area contributed by atoms with E-state index >= 15 is 0 Å². The van der Waals surface area contributed by atoms with Crippen LogP contribution in [0.5, 0.6) is 0 Å². The molecule has 2 heterocycles. The predicted molar refractivity (Wildman–Crippen MR) is 91.7 cm³/mol. The van der Waals surface area contributed by atoms with Crippen LogP contribution >= 0.6 is 0 Å². The third kappa shape index (κ3) is 3.98. The first-order valence-electron chi connectivity index (χ1n) is 8.22. The molecule has 144 valence electrons. The van der Waals surface area contributed by atoms with Gasteiger partial charge in [0.05, 0.1) is 0 Å². The topological polar surface area (TPSA) is 154 Å². The minimum Gasteiger partial charge on any atom is -0.387 e. The van der Waals surface area contributed by atoms with E-state index in [0.29, 0.717) is 5.56 Å². The number of hydrogen-bond donors (Lipinski definition) is 5. The summed E-state index contributed by atoms with van der Waals surface area (Å²) >= 11 is 0. The van der Waals surface area contributed by atoms with Gasteiger partial charge in [-0.15, -0.1) is 0 Å². The molecule has 27 heavy (non-hydrogen) atoms. The maximum atomic E-state index is 12.1. The van der Waals surface area contributed by atoms with Crippen molar-refractivity contribution in [3.05, 3.63) is 69.0 Å². The van der Waals surface area contributed by atoms with Gasteiger partial charge in [0.25, 0.3) is 11.5 Å². The van der Waals surface area contributed by atoms with Crippen LogP contribution in [0, 0.1) is 0 Å². The Bertz CT molecular complexity index is 910. The predicted octanol–water partition coefficient (Wildman–Crippen LogP) is -1.99. The second-order valence-electron chi connectivity index (χ2n) is 6.12. The summed E-state index contributed by atoms with van der Waals surface area (Å²) in [6.45, 7) is -0.199. The van der Waals surface area contributed by atoms with Crippen molar-refractivity contribution in [2.45, 2.75) is 30.6 Å². The minimum atomic E-state index is -1.45. The molecule has 2 aromatic rings. The number of nitrogens with one attached hydrogen (secondary N) is 2. The highest BCUT2D eigenvalue weighted by Gasteiger charge is 2.44. The van der Waals surface area contributed by atoms with E-state index < -0.39 is 47.8 Å². The number of aliphatic hydroxyl groups excluding tert-OH is 3. The zero-order chi connectivity index (χ0) is 19.6. The first-order chi connectivity index (χ1) is 12.9. The fourth-order valence-electron chi connectivity index (χ4n) is 2.84. The zero-order valence-electron chi connectivity index (χ0n) is 14.1. The van der Waals surface area contributed by atoms with Crippen LogP contribution in [-0.2, 0) is 9.53 Å². The normalized spacial score (nSPS) is 25.9. The van der Waals surface area contributed by atoms with E-state index in [1.807, 2.05) is 4.98 Å². The molecule has 10 heteroatoms. The van der Waals surface area contributed by atoms with E-state index in [9.17, 15) is 29.7 Å². The average Bonchev–Trinajstić information content (AvgIpc) is 2.94. The molecule has 1 aliphatic rings. The summed E-state index contributed by atoms with van der Waals surface area (Å²) in [6.07, 6.45) is -5.34. The van der Waals surface area contributed by atoms with Gasteiger partial charge in [-0.3, -0.25) is 19.1 Å². The average molecular weight is 377 g/mol. The Kier molecular flexibility index (Phi) is 5.51. The quantitative estimate of drug-likeness (QED) is 0.404. The van der Waals surface area contributed by atoms with Gasteiger partial charge in [0.15, 0.2) is 12.3 Å². The fraction of sp³-hybridized carbons (Fsp3) is 0.353. The molecule has 1 unspecified atom stereocenters. The first kappa shape index (κ1) is 19.0. The third-order valence-corrected chi connectivity index (χ3v) is 4.30. The smallest absolute Gasteiger partial charge is 0.330 e. The summed E-state index contributed by atoms with van der Waals surface area (Å²) in [5.41, 5.74) is -1.01. The second-order valence-corrected chi connectivity index (χ2v) is 6.12. The van der Waals surface area contributed by atoms with Crippen molar-refractivity contribution in [1.29, 1.82) is 0 Å². The van der Waals surface area contributed by atoms with E-state index in [0.717, 1.165) is 16.8 Å². The summed E-state index contributed by atoms with van der Waals surface area (Å²) < 4.78 is 6.41. The molecule has 0 bridgehead atoms. The number of rotatable bonds is 5. The molecule has 1 saturated heterocycles. The number of aromatic amines is 1. The van der Waals surface area contributed by atoms with Gasteiger partial charge in [-0.05, 0) is 5.56 Å². The van der Waals surface area contributed by atoms with Gasteiger partial charge in [-0.2, -0.15) is 0 Å². The number of benzene rings is 1. The number of nitrogens with zero attached hydrogens (tertiary/aromatic N) is 1. The molecule has 5 atom stereocenters. The largest absolute Gasteiger partial charge is 0.387 e. The van der Waals surface area contributed by atoms with E-state index in [1.165, 1.54) is 0 Å². The van der Waals surface area contributed by atoms with Crippen molar-refractivity contribution >= 4 is 5.91 Å². The van der Waals surface area contributed by atoms with Crippen molar-refractivity contribution in [3.63, 3.8) is 0 Å². The maximum Gasteiger partial charge on any atom is 0.330 e. The molecule has 0 spiro atoms. The summed E-state index contributed by atoms with van der Waals surface area (Å²) in [5.74, 6) is -0.698. The van der Waals surface area contributed by atoms with Gasteiger partial charge >= 0.3 is 5.69 Å². The summed E-state index contributed by atoms with van der Waals surface area (Å²) in [5, 5.41) is 32.7. The molecule has 1 aromatic heterocycles. The van der Waals surface area contributed by atoms with E-state index in [2.05, 4.69) is 5.32 Å². The highest BCUT2D eigenvalue weighted by molar-refractivity contribution is 5.81. The van der Waals surface area contributed by atoms with Gasteiger partial charge in [0.2, 0.25) is 0 Å². The molecule has 1 aliphatic heterocycles. The van der Waals surface area contributed by atoms with Crippen molar-refractivity contribution in [1.82, 2.24) is 14.9 Å². The van der Waals surface area contributed by atoms with Crippen molar-refractivity contribution in [3.8, 4) is 0 Å². The number of aliphatic hydroxyl groups is 3. The molecule has 0 radical (unpaired) electrons. The van der Waals surface area contributed by atoms with Gasteiger partial charge in [-0.25, -0.2) is 4.79 Å². The number of carbonyl (C=O) groups is 1. The Morgan fingerprint density at radius 3 is 2.56 bits per heavy atom. The summed E-state index contributed by atoms with van der Waals surface area (Å²) in [6, 6.07) is 9.37. The lowest BCUT2D eigenvalue weighted by atomic mass is 10.1. The molecule has 10 nitrogen and oxygen atoms in total. The van der Waals surface area contributed by atoms with Gasteiger partial charge in [0.1, 0.15) is 18.3 Å². The Hall–Kier alpha value is -2.79. The lowest BCUT2D eigenvalue weighted by molar-refractivity contribution is -0.130. The highest BCUT2D eigenvalue weighted by atomic mass is 16.6. The number of carbonyl (C=O) groups excluding carboxylic acids is 1. The number of H-pyrrole nitrogens is 1. The molecule has 0 aliphatic carbocycles. The summed E-state index contributed by atoms with van der Waals surface area (Å²) in [7, 11) is 0. The maximum absolute atomic E-state index is 12.1. The van der Waals surface area contributed by atoms with Crippen LogP contribution in [0.2, 0.25) is 0 Å². The van der Waals surface area contributed by atoms with Crippen molar-refractivity contribution < 1.29 is 24.9 Å². The van der Waals surface area contributed by atoms with E-state index in [-0.39, 0.29) is 6.54 Å². The second kappa shape index (κ2) is 7.84. The number of amides is 1. The Balaban J connectivity index is 1.65. The van der Waals surface area contributed by atoms with Crippen LogP contribution < -0.4 is 16.6 Å². The minimum absolute atomic E-state index is 0.199. The van der Waals surface area contributed by atoms with Crippen LogP contribution in [0.3, 0.4) is 0 Å². The third-order valence-electron chi connectivity index (χ3n) is 4.30. The monoisotopic (exact) mass is 377 g/mol. The number of ether oxygens (including phenoxy) is 1. The first-order valence-corrected chi connectivity index (χ1v) is 8.22. The lowest BCUT2D eigenvalue weighted by Crippen LogP contribution is -2.41. The zero-order valence-corrected chi connectivity index (χ0v) is 14.1. The van der Waals surface area contributed by atoms with Gasteiger partial charge in [0, 0.05) is 18.8 Å².